The molecule has 5 heteroatoms. The van der Waals surface area contributed by atoms with Gasteiger partial charge in [0.05, 0.1) is 17.4 Å². The lowest BCUT2D eigenvalue weighted by molar-refractivity contribution is -0.124. The molecule has 0 aliphatic heterocycles. The summed E-state index contributed by atoms with van der Waals surface area (Å²) >= 11 is 0. The van der Waals surface area contributed by atoms with Gasteiger partial charge in [-0.15, -0.1) is 0 Å². The molecule has 3 atom stereocenters. The van der Waals surface area contributed by atoms with Crippen LogP contribution in [0.1, 0.15) is 38.6 Å². The van der Waals surface area contributed by atoms with Crippen LogP contribution in [0, 0.1) is 12.8 Å². The summed E-state index contributed by atoms with van der Waals surface area (Å²) in [5.41, 5.74) is 9.07. The summed E-state index contributed by atoms with van der Waals surface area (Å²) in [4.78, 5) is 12.2. The van der Waals surface area contributed by atoms with Crippen molar-refractivity contribution in [1.29, 1.82) is 0 Å². The van der Waals surface area contributed by atoms with Gasteiger partial charge in [0.2, 0.25) is 5.91 Å². The molecule has 24 heavy (non-hydrogen) atoms. The van der Waals surface area contributed by atoms with E-state index in [4.69, 9.17) is 5.73 Å². The van der Waals surface area contributed by atoms with Crippen LogP contribution in [0.15, 0.2) is 36.4 Å². The van der Waals surface area contributed by atoms with E-state index in [-0.39, 0.29) is 17.9 Å². The fourth-order valence-electron chi connectivity index (χ4n) is 2.71. The monoisotopic (exact) mass is 328 g/mol. The number of carbonyl (C=O) groups is 1. The molecule has 1 aromatic carbocycles. The van der Waals surface area contributed by atoms with Gasteiger partial charge in [0.25, 0.3) is 0 Å². The molecule has 0 radical (unpaired) electrons. The summed E-state index contributed by atoms with van der Waals surface area (Å²) in [7, 11) is 0. The molecule has 2 rings (SSSR count). The zero-order valence-electron chi connectivity index (χ0n) is 15.0. The molecule has 3 N–H and O–H groups in total. The molecule has 0 aliphatic rings. The molecule has 0 spiro atoms. The predicted octanol–water partition coefficient (Wildman–Crippen LogP) is 2.60. The number of amides is 1. The van der Waals surface area contributed by atoms with Crippen LogP contribution < -0.4 is 11.1 Å². The number of nitrogens with one attached hydrogen (secondary N) is 1. The van der Waals surface area contributed by atoms with E-state index in [0.717, 1.165) is 23.5 Å². The third kappa shape index (κ3) is 4.45. The quantitative estimate of drug-likeness (QED) is 0.820. The number of aryl methyl sites for hydroxylation is 1. The lowest BCUT2D eigenvalue weighted by atomic mass is 9.99. The van der Waals surface area contributed by atoms with Crippen molar-refractivity contribution in [3.8, 4) is 5.69 Å². The number of benzene rings is 1. The minimum Gasteiger partial charge on any atom is -0.352 e. The van der Waals surface area contributed by atoms with Crippen molar-refractivity contribution in [3.05, 3.63) is 47.8 Å². The SMILES string of the molecule is CCC(C)C(N)C(=O)NC(C)Cc1cc(C)nn1-c1ccccc1. The molecule has 1 amide bonds. The Morgan fingerprint density at radius 2 is 1.96 bits per heavy atom. The number of hydrogen-bond acceptors (Lipinski definition) is 3. The summed E-state index contributed by atoms with van der Waals surface area (Å²) < 4.78 is 1.94. The van der Waals surface area contributed by atoms with Crippen molar-refractivity contribution in [2.75, 3.05) is 0 Å². The van der Waals surface area contributed by atoms with Crippen molar-refractivity contribution >= 4 is 5.91 Å². The zero-order valence-corrected chi connectivity index (χ0v) is 15.0. The van der Waals surface area contributed by atoms with E-state index in [1.165, 1.54) is 0 Å². The summed E-state index contributed by atoms with van der Waals surface area (Å²) in [6, 6.07) is 11.6. The maximum absolute atomic E-state index is 12.2. The van der Waals surface area contributed by atoms with E-state index in [2.05, 4.69) is 16.5 Å². The molecular weight excluding hydrogens is 300 g/mol. The number of aromatic nitrogens is 2. The third-order valence-corrected chi connectivity index (χ3v) is 4.37. The van der Waals surface area contributed by atoms with E-state index in [0.29, 0.717) is 6.42 Å². The number of rotatable bonds is 7. The molecule has 5 nitrogen and oxygen atoms in total. The van der Waals surface area contributed by atoms with Gasteiger partial charge < -0.3 is 11.1 Å². The number of nitrogens with zero attached hydrogens (tertiary/aromatic N) is 2. The highest BCUT2D eigenvalue weighted by Gasteiger charge is 2.21. The second kappa shape index (κ2) is 8.11. The normalized spacial score (nSPS) is 14.9. The highest BCUT2D eigenvalue weighted by molar-refractivity contribution is 5.82. The van der Waals surface area contributed by atoms with Gasteiger partial charge in [-0.1, -0.05) is 38.5 Å². The first kappa shape index (κ1) is 18.2. The Morgan fingerprint density at radius 3 is 2.58 bits per heavy atom. The van der Waals surface area contributed by atoms with Gasteiger partial charge in [-0.05, 0) is 38.0 Å². The lowest BCUT2D eigenvalue weighted by Gasteiger charge is -2.21. The molecule has 1 aromatic heterocycles. The fraction of sp³-hybridized carbons (Fsp3) is 0.474. The van der Waals surface area contributed by atoms with Crippen LogP contribution in [0.4, 0.5) is 0 Å². The van der Waals surface area contributed by atoms with Crippen molar-refractivity contribution < 1.29 is 4.79 Å². The zero-order chi connectivity index (χ0) is 17.7. The molecule has 1 heterocycles. The Hall–Kier alpha value is -2.14. The molecule has 0 saturated carbocycles. The Labute approximate surface area is 144 Å². The molecule has 0 saturated heterocycles. The number of para-hydroxylation sites is 1. The molecule has 0 aliphatic carbocycles. The van der Waals surface area contributed by atoms with Gasteiger partial charge in [0.1, 0.15) is 0 Å². The molecule has 0 fully saturated rings. The summed E-state index contributed by atoms with van der Waals surface area (Å²) in [6.45, 7) is 8.02. The first-order valence-corrected chi connectivity index (χ1v) is 8.59. The summed E-state index contributed by atoms with van der Waals surface area (Å²) in [6.07, 6.45) is 1.59. The molecule has 130 valence electrons. The van der Waals surface area contributed by atoms with E-state index in [1.807, 2.05) is 62.7 Å². The van der Waals surface area contributed by atoms with Crippen LogP contribution in [0.2, 0.25) is 0 Å². The van der Waals surface area contributed by atoms with Crippen LogP contribution in [0.3, 0.4) is 0 Å². The fourth-order valence-corrected chi connectivity index (χ4v) is 2.71. The third-order valence-electron chi connectivity index (χ3n) is 4.37. The average Bonchev–Trinajstić information content (AvgIpc) is 2.94. The van der Waals surface area contributed by atoms with Crippen LogP contribution in [-0.2, 0) is 11.2 Å². The van der Waals surface area contributed by atoms with Crippen LogP contribution in [0.25, 0.3) is 5.69 Å². The van der Waals surface area contributed by atoms with Gasteiger partial charge in [0.15, 0.2) is 0 Å². The highest BCUT2D eigenvalue weighted by atomic mass is 16.2. The molecule has 3 unspecified atom stereocenters. The smallest absolute Gasteiger partial charge is 0.237 e. The number of nitrogens with two attached hydrogens (primary N) is 1. The minimum absolute atomic E-state index is 0.00818. The standard InChI is InChI=1S/C19H28N4O/c1-5-13(2)18(20)19(24)21-14(3)11-17-12-15(4)22-23(17)16-9-7-6-8-10-16/h6-10,12-14,18H,5,11,20H2,1-4H3,(H,21,24). The van der Waals surface area contributed by atoms with Gasteiger partial charge in [-0.25, -0.2) is 4.68 Å². The van der Waals surface area contributed by atoms with Crippen molar-refractivity contribution in [3.63, 3.8) is 0 Å². The largest absolute Gasteiger partial charge is 0.352 e. The maximum atomic E-state index is 12.2. The first-order chi connectivity index (χ1) is 11.4. The van der Waals surface area contributed by atoms with E-state index in [1.54, 1.807) is 0 Å². The van der Waals surface area contributed by atoms with Crippen molar-refractivity contribution in [2.24, 2.45) is 11.7 Å². The van der Waals surface area contributed by atoms with E-state index >= 15 is 0 Å². The number of hydrogen-bond donors (Lipinski definition) is 2. The van der Waals surface area contributed by atoms with Crippen LogP contribution >= 0.6 is 0 Å². The Kier molecular flexibility index (Phi) is 6.15. The molecule has 2 aromatic rings. The van der Waals surface area contributed by atoms with Crippen molar-refractivity contribution in [1.82, 2.24) is 15.1 Å². The van der Waals surface area contributed by atoms with Crippen molar-refractivity contribution in [2.45, 2.75) is 52.6 Å². The van der Waals surface area contributed by atoms with E-state index < -0.39 is 6.04 Å². The molecular formula is C19H28N4O. The Balaban J connectivity index is 2.07. The topological polar surface area (TPSA) is 72.9 Å². The first-order valence-electron chi connectivity index (χ1n) is 8.59. The molecule has 0 bridgehead atoms. The van der Waals surface area contributed by atoms with Gasteiger partial charge in [-0.2, -0.15) is 5.10 Å². The van der Waals surface area contributed by atoms with Crippen LogP contribution in [-0.4, -0.2) is 27.8 Å². The van der Waals surface area contributed by atoms with Gasteiger partial charge in [0, 0.05) is 18.2 Å². The predicted molar refractivity (Wildman–Crippen MR) is 97.0 cm³/mol. The van der Waals surface area contributed by atoms with Crippen LogP contribution in [0.5, 0.6) is 0 Å². The minimum atomic E-state index is -0.460. The second-order valence-corrected chi connectivity index (χ2v) is 6.55. The lowest BCUT2D eigenvalue weighted by Crippen LogP contribution is -2.48. The van der Waals surface area contributed by atoms with Gasteiger partial charge in [-0.3, -0.25) is 4.79 Å². The van der Waals surface area contributed by atoms with E-state index in [9.17, 15) is 4.79 Å². The summed E-state index contributed by atoms with van der Waals surface area (Å²) in [5, 5.41) is 7.60. The number of carbonyl (C=O) groups excluding carboxylic acids is 1. The Bertz CT molecular complexity index is 665. The Morgan fingerprint density at radius 1 is 1.29 bits per heavy atom. The van der Waals surface area contributed by atoms with Gasteiger partial charge >= 0.3 is 0 Å². The maximum Gasteiger partial charge on any atom is 0.237 e. The summed E-state index contributed by atoms with van der Waals surface area (Å²) in [5.74, 6) is 0.0913. The average molecular weight is 328 g/mol. The second-order valence-electron chi connectivity index (χ2n) is 6.55. The highest BCUT2D eigenvalue weighted by Crippen LogP contribution is 2.14.